The fraction of sp³-hybridized carbons (Fsp3) is 0.350. The Labute approximate surface area is 155 Å². The van der Waals surface area contributed by atoms with Gasteiger partial charge >= 0.3 is 0 Å². The number of carbonyl (C=O) groups excluding carboxylic acids is 1. The van der Waals surface area contributed by atoms with Crippen LogP contribution in [-0.2, 0) is 16.4 Å². The summed E-state index contributed by atoms with van der Waals surface area (Å²) in [5.41, 5.74) is 2.91. The zero-order valence-corrected chi connectivity index (χ0v) is 15.9. The Morgan fingerprint density at radius 1 is 1.08 bits per heavy atom. The molecule has 0 spiro atoms. The number of hydrogen-bond donors (Lipinski definition) is 1. The molecule has 138 valence electrons. The molecule has 26 heavy (non-hydrogen) atoms. The highest BCUT2D eigenvalue weighted by atomic mass is 32.2. The number of nitrogens with zero attached hydrogens (tertiary/aromatic N) is 1. The number of fused-ring (bicyclic) bond motifs is 1. The van der Waals surface area contributed by atoms with Crippen LogP contribution >= 0.6 is 0 Å². The van der Waals surface area contributed by atoms with Gasteiger partial charge in [-0.1, -0.05) is 38.1 Å². The molecule has 6 heteroatoms. The smallest absolute Gasteiger partial charge is 0.251 e. The Morgan fingerprint density at radius 2 is 1.73 bits per heavy atom. The first-order chi connectivity index (χ1) is 12.5. The summed E-state index contributed by atoms with van der Waals surface area (Å²) in [5.74, 6) is -0.182. The van der Waals surface area contributed by atoms with Gasteiger partial charge in [-0.15, -0.1) is 0 Å². The van der Waals surface area contributed by atoms with Gasteiger partial charge < -0.3 is 5.32 Å². The van der Waals surface area contributed by atoms with Gasteiger partial charge in [-0.3, -0.25) is 4.79 Å². The molecule has 0 heterocycles. The van der Waals surface area contributed by atoms with Crippen LogP contribution in [0.4, 0.5) is 0 Å². The number of aryl methyl sites for hydroxylation is 1. The summed E-state index contributed by atoms with van der Waals surface area (Å²) >= 11 is 0. The highest BCUT2D eigenvalue weighted by Crippen LogP contribution is 2.31. The van der Waals surface area contributed by atoms with Gasteiger partial charge in [0.1, 0.15) is 0 Å². The molecule has 1 aliphatic carbocycles. The normalized spacial score (nSPS) is 16.5. The molecule has 0 bridgehead atoms. The van der Waals surface area contributed by atoms with Crippen molar-refractivity contribution in [3.05, 3.63) is 65.2 Å². The number of hydrogen-bond acceptors (Lipinski definition) is 3. The summed E-state index contributed by atoms with van der Waals surface area (Å²) in [6, 6.07) is 14.3. The maximum atomic E-state index is 12.5. The van der Waals surface area contributed by atoms with Gasteiger partial charge in [-0.25, -0.2) is 8.42 Å². The Hall–Kier alpha value is -2.18. The predicted molar refractivity (Wildman–Crippen MR) is 102 cm³/mol. The van der Waals surface area contributed by atoms with E-state index in [1.165, 1.54) is 27.6 Å². The van der Waals surface area contributed by atoms with Crippen LogP contribution in [0.3, 0.4) is 0 Å². The second kappa shape index (κ2) is 7.60. The van der Waals surface area contributed by atoms with Crippen molar-refractivity contribution < 1.29 is 13.2 Å². The van der Waals surface area contributed by atoms with E-state index in [2.05, 4.69) is 11.4 Å². The van der Waals surface area contributed by atoms with Crippen molar-refractivity contribution in [2.45, 2.75) is 37.6 Å². The minimum absolute atomic E-state index is 0.0118. The van der Waals surface area contributed by atoms with Gasteiger partial charge in [0.15, 0.2) is 0 Å². The van der Waals surface area contributed by atoms with Crippen molar-refractivity contribution in [3.8, 4) is 0 Å². The quantitative estimate of drug-likeness (QED) is 0.847. The molecule has 2 aromatic carbocycles. The molecule has 1 aliphatic rings. The van der Waals surface area contributed by atoms with Crippen LogP contribution in [0.2, 0.25) is 0 Å². The maximum Gasteiger partial charge on any atom is 0.251 e. The minimum Gasteiger partial charge on any atom is -0.345 e. The summed E-state index contributed by atoms with van der Waals surface area (Å²) in [7, 11) is -3.50. The average Bonchev–Trinajstić information content (AvgIpc) is 3.05. The van der Waals surface area contributed by atoms with E-state index in [0.29, 0.717) is 18.7 Å². The Morgan fingerprint density at radius 3 is 2.38 bits per heavy atom. The van der Waals surface area contributed by atoms with Crippen LogP contribution in [0.5, 0.6) is 0 Å². The number of carbonyl (C=O) groups is 1. The van der Waals surface area contributed by atoms with Crippen molar-refractivity contribution in [2.24, 2.45) is 0 Å². The second-order valence-electron chi connectivity index (χ2n) is 6.38. The average molecular weight is 372 g/mol. The molecule has 0 aromatic heterocycles. The summed E-state index contributed by atoms with van der Waals surface area (Å²) in [6.07, 6.45) is 1.85. The fourth-order valence-corrected chi connectivity index (χ4v) is 4.90. The van der Waals surface area contributed by atoms with E-state index in [-0.39, 0.29) is 16.8 Å². The Bertz CT molecular complexity index is 888. The van der Waals surface area contributed by atoms with E-state index in [1.54, 1.807) is 12.1 Å². The zero-order valence-electron chi connectivity index (χ0n) is 15.1. The van der Waals surface area contributed by atoms with E-state index in [1.807, 2.05) is 32.0 Å². The highest BCUT2D eigenvalue weighted by molar-refractivity contribution is 7.89. The molecule has 3 rings (SSSR count). The van der Waals surface area contributed by atoms with E-state index in [9.17, 15) is 13.2 Å². The lowest BCUT2D eigenvalue weighted by atomic mass is 10.1. The maximum absolute atomic E-state index is 12.5. The van der Waals surface area contributed by atoms with Crippen LogP contribution in [0.15, 0.2) is 53.4 Å². The van der Waals surface area contributed by atoms with Gasteiger partial charge in [0.25, 0.3) is 5.91 Å². The van der Waals surface area contributed by atoms with Gasteiger partial charge in [0, 0.05) is 18.7 Å². The van der Waals surface area contributed by atoms with Gasteiger partial charge in [0.2, 0.25) is 10.0 Å². The van der Waals surface area contributed by atoms with E-state index in [0.717, 1.165) is 12.8 Å². The van der Waals surface area contributed by atoms with Gasteiger partial charge in [-0.05, 0) is 48.2 Å². The van der Waals surface area contributed by atoms with Crippen molar-refractivity contribution in [2.75, 3.05) is 13.1 Å². The van der Waals surface area contributed by atoms with Gasteiger partial charge in [0.05, 0.1) is 10.9 Å². The number of benzene rings is 2. The lowest BCUT2D eigenvalue weighted by molar-refractivity contribution is 0.0936. The lowest BCUT2D eigenvalue weighted by Gasteiger charge is -2.18. The summed E-state index contributed by atoms with van der Waals surface area (Å²) in [5, 5.41) is 3.06. The molecule has 5 nitrogen and oxygen atoms in total. The van der Waals surface area contributed by atoms with Crippen molar-refractivity contribution in [3.63, 3.8) is 0 Å². The topological polar surface area (TPSA) is 66.5 Å². The van der Waals surface area contributed by atoms with Crippen molar-refractivity contribution >= 4 is 15.9 Å². The molecular weight excluding hydrogens is 348 g/mol. The monoisotopic (exact) mass is 372 g/mol. The molecule has 0 saturated carbocycles. The molecule has 1 atom stereocenters. The van der Waals surface area contributed by atoms with E-state index >= 15 is 0 Å². The second-order valence-corrected chi connectivity index (χ2v) is 8.32. The molecule has 1 N–H and O–H groups in total. The number of rotatable bonds is 6. The number of amides is 1. The first-order valence-corrected chi connectivity index (χ1v) is 10.4. The molecule has 1 amide bonds. The third-order valence-corrected chi connectivity index (χ3v) is 6.96. The van der Waals surface area contributed by atoms with Crippen LogP contribution in [0, 0.1) is 0 Å². The van der Waals surface area contributed by atoms with Crippen LogP contribution in [0.1, 0.15) is 47.8 Å². The molecule has 1 unspecified atom stereocenters. The highest BCUT2D eigenvalue weighted by Gasteiger charge is 2.25. The largest absolute Gasteiger partial charge is 0.345 e. The first kappa shape index (κ1) is 18.6. The first-order valence-electron chi connectivity index (χ1n) is 8.96. The van der Waals surface area contributed by atoms with Crippen molar-refractivity contribution in [1.82, 2.24) is 9.62 Å². The predicted octanol–water partition coefficient (Wildman–Crippen LogP) is 3.13. The number of nitrogens with one attached hydrogen (secondary N) is 1. The molecule has 0 saturated heterocycles. The van der Waals surface area contributed by atoms with Gasteiger partial charge in [-0.2, -0.15) is 4.31 Å². The fourth-order valence-electron chi connectivity index (χ4n) is 3.44. The summed E-state index contributed by atoms with van der Waals surface area (Å²) < 4.78 is 26.4. The standard InChI is InChI=1S/C20H24N2O3S/c1-3-22(4-2)26(24,25)17-12-9-16(10-13-17)20(23)21-19-14-11-15-7-5-6-8-18(15)19/h5-10,12-13,19H,3-4,11,14H2,1-2H3,(H,21,23). The summed E-state index contributed by atoms with van der Waals surface area (Å²) in [6.45, 7) is 4.45. The molecule has 0 fully saturated rings. The SMILES string of the molecule is CCN(CC)S(=O)(=O)c1ccc(C(=O)NC2CCc3ccccc32)cc1. The van der Waals surface area contributed by atoms with Crippen LogP contribution in [0.25, 0.3) is 0 Å². The zero-order chi connectivity index (χ0) is 18.7. The van der Waals surface area contributed by atoms with Crippen LogP contribution < -0.4 is 5.32 Å². The lowest BCUT2D eigenvalue weighted by Crippen LogP contribution is -2.30. The molecule has 0 aliphatic heterocycles. The molecule has 2 aromatic rings. The Balaban J connectivity index is 1.74. The molecular formula is C20H24N2O3S. The van der Waals surface area contributed by atoms with Crippen LogP contribution in [-0.4, -0.2) is 31.7 Å². The van der Waals surface area contributed by atoms with E-state index in [4.69, 9.17) is 0 Å². The third kappa shape index (κ3) is 3.52. The minimum atomic E-state index is -3.50. The third-order valence-electron chi connectivity index (χ3n) is 4.90. The van der Waals surface area contributed by atoms with Crippen molar-refractivity contribution in [1.29, 1.82) is 0 Å². The Kier molecular flexibility index (Phi) is 5.44. The van der Waals surface area contributed by atoms with E-state index < -0.39 is 10.0 Å². The molecule has 0 radical (unpaired) electrons. The summed E-state index contributed by atoms with van der Waals surface area (Å²) in [4.78, 5) is 12.8. The number of sulfonamides is 1.